The van der Waals surface area contributed by atoms with Gasteiger partial charge in [0.05, 0.1) is 17.1 Å². The highest BCUT2D eigenvalue weighted by molar-refractivity contribution is 5.43. The first-order valence-corrected chi connectivity index (χ1v) is 7.36. The first kappa shape index (κ1) is 15.7. The maximum atomic E-state index is 10.9. The molecule has 0 aliphatic carbocycles. The number of nitro groups is 1. The summed E-state index contributed by atoms with van der Waals surface area (Å²) < 4.78 is 11.5. The molecule has 1 aliphatic rings. The average Bonchev–Trinajstić information content (AvgIpc) is 2.88. The van der Waals surface area contributed by atoms with Crippen molar-refractivity contribution in [3.63, 3.8) is 0 Å². The van der Waals surface area contributed by atoms with Crippen LogP contribution in [-0.4, -0.2) is 30.3 Å². The van der Waals surface area contributed by atoms with Crippen molar-refractivity contribution < 1.29 is 14.4 Å². The minimum Gasteiger partial charge on any atom is -0.491 e. The standard InChI is InChI=1S/C15H22N2O4/c1-3-16-9-12-8-13(17(18)19)5-7-15(12)20-10-14-6-4-11(2)21-14/h5,7-8,11,14,16H,3-4,6,9-10H2,1-2H3. The summed E-state index contributed by atoms with van der Waals surface area (Å²) in [5.41, 5.74) is 0.887. The predicted molar refractivity (Wildman–Crippen MR) is 79.5 cm³/mol. The number of nitrogens with zero attached hydrogens (tertiary/aromatic N) is 1. The van der Waals surface area contributed by atoms with Crippen molar-refractivity contribution in [2.75, 3.05) is 13.2 Å². The molecule has 0 aromatic heterocycles. The molecule has 0 amide bonds. The Kier molecular flexibility index (Phi) is 5.52. The molecule has 1 aliphatic heterocycles. The fourth-order valence-corrected chi connectivity index (χ4v) is 2.41. The van der Waals surface area contributed by atoms with E-state index in [9.17, 15) is 10.1 Å². The van der Waals surface area contributed by atoms with E-state index in [1.54, 1.807) is 12.1 Å². The molecular weight excluding hydrogens is 272 g/mol. The summed E-state index contributed by atoms with van der Waals surface area (Å²) in [6.45, 7) is 5.89. The van der Waals surface area contributed by atoms with Crippen LogP contribution in [0.25, 0.3) is 0 Å². The van der Waals surface area contributed by atoms with E-state index in [1.807, 2.05) is 6.92 Å². The Balaban J connectivity index is 2.04. The van der Waals surface area contributed by atoms with Crippen LogP contribution in [0.15, 0.2) is 18.2 Å². The third-order valence-electron chi connectivity index (χ3n) is 3.56. The molecule has 0 radical (unpaired) electrons. The monoisotopic (exact) mass is 294 g/mol. The topological polar surface area (TPSA) is 73.6 Å². The predicted octanol–water partition coefficient (Wildman–Crippen LogP) is 2.65. The van der Waals surface area contributed by atoms with Gasteiger partial charge in [-0.25, -0.2) is 0 Å². The third-order valence-corrected chi connectivity index (χ3v) is 3.56. The largest absolute Gasteiger partial charge is 0.491 e. The maximum absolute atomic E-state index is 10.9. The highest BCUT2D eigenvalue weighted by Crippen LogP contribution is 2.26. The van der Waals surface area contributed by atoms with E-state index < -0.39 is 0 Å². The number of hydrogen-bond acceptors (Lipinski definition) is 5. The highest BCUT2D eigenvalue weighted by atomic mass is 16.6. The van der Waals surface area contributed by atoms with Gasteiger partial charge in [-0.15, -0.1) is 0 Å². The van der Waals surface area contributed by atoms with Crippen LogP contribution in [0.2, 0.25) is 0 Å². The normalized spacial score (nSPS) is 21.4. The summed E-state index contributed by atoms with van der Waals surface area (Å²) in [7, 11) is 0. The molecule has 1 saturated heterocycles. The Bertz CT molecular complexity index is 493. The van der Waals surface area contributed by atoms with E-state index in [0.717, 1.165) is 24.9 Å². The van der Waals surface area contributed by atoms with Gasteiger partial charge in [0, 0.05) is 24.2 Å². The van der Waals surface area contributed by atoms with Gasteiger partial charge >= 0.3 is 0 Å². The van der Waals surface area contributed by atoms with Crippen LogP contribution in [0.4, 0.5) is 5.69 Å². The van der Waals surface area contributed by atoms with Gasteiger partial charge in [0.1, 0.15) is 12.4 Å². The van der Waals surface area contributed by atoms with Gasteiger partial charge in [-0.3, -0.25) is 10.1 Å². The van der Waals surface area contributed by atoms with Crippen LogP contribution >= 0.6 is 0 Å². The summed E-state index contributed by atoms with van der Waals surface area (Å²) in [6.07, 6.45) is 2.45. The van der Waals surface area contributed by atoms with E-state index >= 15 is 0 Å². The van der Waals surface area contributed by atoms with E-state index in [0.29, 0.717) is 18.9 Å². The third kappa shape index (κ3) is 4.41. The van der Waals surface area contributed by atoms with E-state index in [-0.39, 0.29) is 22.8 Å². The highest BCUT2D eigenvalue weighted by Gasteiger charge is 2.22. The van der Waals surface area contributed by atoms with Crippen LogP contribution in [-0.2, 0) is 11.3 Å². The quantitative estimate of drug-likeness (QED) is 0.618. The van der Waals surface area contributed by atoms with Crippen LogP contribution in [0.3, 0.4) is 0 Å². The molecule has 1 heterocycles. The molecule has 0 spiro atoms. The molecule has 1 fully saturated rings. The molecule has 2 rings (SSSR count). The van der Waals surface area contributed by atoms with Gasteiger partial charge in [-0.2, -0.15) is 0 Å². The smallest absolute Gasteiger partial charge is 0.270 e. The lowest BCUT2D eigenvalue weighted by Gasteiger charge is -2.15. The van der Waals surface area contributed by atoms with Crippen molar-refractivity contribution >= 4 is 5.69 Å². The molecule has 1 aromatic rings. The lowest BCUT2D eigenvalue weighted by Crippen LogP contribution is -2.19. The molecule has 116 valence electrons. The fourth-order valence-electron chi connectivity index (χ4n) is 2.41. The fraction of sp³-hybridized carbons (Fsp3) is 0.600. The van der Waals surface area contributed by atoms with Crippen molar-refractivity contribution in [1.82, 2.24) is 5.32 Å². The first-order chi connectivity index (χ1) is 10.1. The second-order valence-corrected chi connectivity index (χ2v) is 5.29. The molecule has 21 heavy (non-hydrogen) atoms. The Hall–Kier alpha value is -1.66. The number of ether oxygens (including phenoxy) is 2. The number of non-ortho nitro benzene ring substituents is 1. The Morgan fingerprint density at radius 2 is 2.29 bits per heavy atom. The van der Waals surface area contributed by atoms with Gasteiger partial charge in [0.15, 0.2) is 0 Å². The lowest BCUT2D eigenvalue weighted by molar-refractivity contribution is -0.384. The van der Waals surface area contributed by atoms with Crippen molar-refractivity contribution in [3.8, 4) is 5.75 Å². The summed E-state index contributed by atoms with van der Waals surface area (Å²) in [4.78, 5) is 10.5. The number of nitrogens with one attached hydrogen (secondary N) is 1. The second-order valence-electron chi connectivity index (χ2n) is 5.29. The second kappa shape index (κ2) is 7.38. The molecule has 1 N–H and O–H groups in total. The SMILES string of the molecule is CCNCc1cc([N+](=O)[O-])ccc1OCC1CCC(C)O1. The zero-order chi connectivity index (χ0) is 15.2. The molecule has 1 aromatic carbocycles. The number of benzene rings is 1. The van der Waals surface area contributed by atoms with Gasteiger partial charge < -0.3 is 14.8 Å². The summed E-state index contributed by atoms with van der Waals surface area (Å²) in [5.74, 6) is 0.685. The Morgan fingerprint density at radius 1 is 1.48 bits per heavy atom. The van der Waals surface area contributed by atoms with Crippen molar-refractivity contribution in [1.29, 1.82) is 0 Å². The van der Waals surface area contributed by atoms with Crippen LogP contribution in [0, 0.1) is 10.1 Å². The van der Waals surface area contributed by atoms with E-state index in [1.165, 1.54) is 6.07 Å². The van der Waals surface area contributed by atoms with Gasteiger partial charge in [-0.05, 0) is 32.4 Å². The van der Waals surface area contributed by atoms with Gasteiger partial charge in [-0.1, -0.05) is 6.92 Å². The van der Waals surface area contributed by atoms with E-state index in [2.05, 4.69) is 12.2 Å². The van der Waals surface area contributed by atoms with Crippen LogP contribution < -0.4 is 10.1 Å². The number of rotatable bonds is 7. The van der Waals surface area contributed by atoms with Gasteiger partial charge in [0.25, 0.3) is 5.69 Å². The Morgan fingerprint density at radius 3 is 2.90 bits per heavy atom. The molecule has 0 saturated carbocycles. The minimum absolute atomic E-state index is 0.0843. The molecule has 2 unspecified atom stereocenters. The lowest BCUT2D eigenvalue weighted by atomic mass is 10.1. The number of hydrogen-bond donors (Lipinski definition) is 1. The zero-order valence-electron chi connectivity index (χ0n) is 12.5. The zero-order valence-corrected chi connectivity index (χ0v) is 12.5. The van der Waals surface area contributed by atoms with Crippen LogP contribution in [0.5, 0.6) is 5.75 Å². The maximum Gasteiger partial charge on any atom is 0.270 e. The average molecular weight is 294 g/mol. The summed E-state index contributed by atoms with van der Waals surface area (Å²) in [5, 5.41) is 14.0. The van der Waals surface area contributed by atoms with Crippen LogP contribution in [0.1, 0.15) is 32.3 Å². The number of nitro benzene ring substituents is 1. The molecular formula is C15H22N2O4. The minimum atomic E-state index is -0.388. The molecule has 2 atom stereocenters. The van der Waals surface area contributed by atoms with Crippen molar-refractivity contribution in [2.24, 2.45) is 0 Å². The van der Waals surface area contributed by atoms with Crippen molar-refractivity contribution in [2.45, 2.75) is 45.4 Å². The van der Waals surface area contributed by atoms with E-state index in [4.69, 9.17) is 9.47 Å². The van der Waals surface area contributed by atoms with Gasteiger partial charge in [0.2, 0.25) is 0 Å². The first-order valence-electron chi connectivity index (χ1n) is 7.36. The summed E-state index contributed by atoms with van der Waals surface area (Å²) in [6, 6.07) is 4.71. The van der Waals surface area contributed by atoms with Crippen molar-refractivity contribution in [3.05, 3.63) is 33.9 Å². The molecule has 6 nitrogen and oxygen atoms in total. The molecule has 0 bridgehead atoms. The molecule has 6 heteroatoms. The Labute approximate surface area is 124 Å². The summed E-state index contributed by atoms with van der Waals surface area (Å²) >= 11 is 0.